The number of para-hydroxylation sites is 1. The molecule has 0 saturated carbocycles. The Morgan fingerprint density at radius 3 is 2.42 bits per heavy atom. The average Bonchev–Trinajstić information content (AvgIpc) is 3.04. The van der Waals surface area contributed by atoms with Gasteiger partial charge in [0.15, 0.2) is 5.78 Å². The maximum Gasteiger partial charge on any atom is 0.228 e. The number of hydrogen-bond acceptors (Lipinski definition) is 3. The number of ketones is 1. The second kappa shape index (κ2) is 6.91. The van der Waals surface area contributed by atoms with Crippen LogP contribution >= 0.6 is 0 Å². The molecule has 24 heavy (non-hydrogen) atoms. The minimum Gasteiger partial charge on any atom is -0.326 e. The zero-order chi connectivity index (χ0) is 16.9. The van der Waals surface area contributed by atoms with Crippen LogP contribution in [0.15, 0.2) is 67.0 Å². The Morgan fingerprint density at radius 2 is 1.75 bits per heavy atom. The fraction of sp³-hybridized carbons (Fsp3) is 0.105. The van der Waals surface area contributed by atoms with Crippen LogP contribution in [0.1, 0.15) is 22.8 Å². The van der Waals surface area contributed by atoms with E-state index in [1.165, 1.54) is 6.92 Å². The lowest BCUT2D eigenvalue weighted by Gasteiger charge is -2.05. The molecule has 0 aliphatic carbocycles. The molecule has 1 aromatic heterocycles. The molecule has 3 rings (SSSR count). The number of carbonyl (C=O) groups is 2. The molecule has 0 saturated heterocycles. The molecule has 1 heterocycles. The summed E-state index contributed by atoms with van der Waals surface area (Å²) in [6.07, 6.45) is 3.76. The van der Waals surface area contributed by atoms with Crippen molar-refractivity contribution < 1.29 is 9.59 Å². The maximum absolute atomic E-state index is 12.1. The highest BCUT2D eigenvalue weighted by molar-refractivity contribution is 5.96. The summed E-state index contributed by atoms with van der Waals surface area (Å²) in [4.78, 5) is 23.4. The van der Waals surface area contributed by atoms with Gasteiger partial charge in [-0.1, -0.05) is 18.2 Å². The molecule has 1 N–H and O–H groups in total. The first-order chi connectivity index (χ1) is 11.6. The van der Waals surface area contributed by atoms with Crippen molar-refractivity contribution >= 4 is 17.4 Å². The van der Waals surface area contributed by atoms with Gasteiger partial charge in [-0.2, -0.15) is 5.10 Å². The summed E-state index contributed by atoms with van der Waals surface area (Å²) in [5, 5.41) is 7.10. The SMILES string of the molecule is CC(=O)c1ccc(NC(=O)Cc2cnn(-c3ccccc3)c2)cc1. The molecule has 0 fully saturated rings. The van der Waals surface area contributed by atoms with Gasteiger partial charge in [0.05, 0.1) is 18.3 Å². The second-order valence-electron chi connectivity index (χ2n) is 5.49. The number of hydrogen-bond donors (Lipinski definition) is 1. The third-order valence-electron chi connectivity index (χ3n) is 3.60. The Labute approximate surface area is 139 Å². The Balaban J connectivity index is 1.63. The number of carbonyl (C=O) groups excluding carboxylic acids is 2. The van der Waals surface area contributed by atoms with Crippen LogP contribution in [-0.4, -0.2) is 21.5 Å². The molecule has 1 amide bonds. The molecular weight excluding hydrogens is 302 g/mol. The number of benzene rings is 2. The van der Waals surface area contributed by atoms with Crippen LogP contribution in [0.3, 0.4) is 0 Å². The highest BCUT2D eigenvalue weighted by Crippen LogP contribution is 2.12. The molecule has 2 aromatic carbocycles. The third kappa shape index (κ3) is 3.76. The molecule has 0 atom stereocenters. The molecule has 0 bridgehead atoms. The summed E-state index contributed by atoms with van der Waals surface area (Å²) in [5.41, 5.74) is 3.07. The Bertz CT molecular complexity index is 852. The third-order valence-corrected chi connectivity index (χ3v) is 3.60. The molecule has 5 heteroatoms. The van der Waals surface area contributed by atoms with Gasteiger partial charge in [0.25, 0.3) is 0 Å². The van der Waals surface area contributed by atoms with E-state index in [1.54, 1.807) is 35.1 Å². The van der Waals surface area contributed by atoms with Crippen LogP contribution in [-0.2, 0) is 11.2 Å². The van der Waals surface area contributed by atoms with E-state index in [4.69, 9.17) is 0 Å². The summed E-state index contributed by atoms with van der Waals surface area (Å²) < 4.78 is 1.74. The van der Waals surface area contributed by atoms with Crippen LogP contribution in [0.2, 0.25) is 0 Å². The van der Waals surface area contributed by atoms with E-state index in [2.05, 4.69) is 10.4 Å². The quantitative estimate of drug-likeness (QED) is 0.734. The predicted octanol–water partition coefficient (Wildman–Crippen LogP) is 3.26. The Morgan fingerprint density at radius 1 is 1.04 bits per heavy atom. The molecule has 120 valence electrons. The van der Waals surface area contributed by atoms with Crippen molar-refractivity contribution in [3.05, 3.63) is 78.1 Å². The largest absolute Gasteiger partial charge is 0.326 e. The lowest BCUT2D eigenvalue weighted by atomic mass is 10.1. The van der Waals surface area contributed by atoms with Crippen molar-refractivity contribution in [1.82, 2.24) is 9.78 Å². The molecule has 0 unspecified atom stereocenters. The van der Waals surface area contributed by atoms with Gasteiger partial charge in [-0.05, 0) is 48.9 Å². The highest BCUT2D eigenvalue weighted by Gasteiger charge is 2.08. The zero-order valence-corrected chi connectivity index (χ0v) is 13.3. The van der Waals surface area contributed by atoms with Gasteiger partial charge >= 0.3 is 0 Å². The molecule has 3 aromatic rings. The van der Waals surface area contributed by atoms with E-state index < -0.39 is 0 Å². The minimum atomic E-state index is -0.127. The van der Waals surface area contributed by atoms with Gasteiger partial charge in [-0.25, -0.2) is 4.68 Å². The second-order valence-corrected chi connectivity index (χ2v) is 5.49. The number of nitrogens with one attached hydrogen (secondary N) is 1. The summed E-state index contributed by atoms with van der Waals surface area (Å²) in [6.45, 7) is 1.51. The zero-order valence-electron chi connectivity index (χ0n) is 13.3. The van der Waals surface area contributed by atoms with Crippen LogP contribution < -0.4 is 5.32 Å². The van der Waals surface area contributed by atoms with Crippen molar-refractivity contribution in [2.75, 3.05) is 5.32 Å². The van der Waals surface area contributed by atoms with Gasteiger partial charge in [0.1, 0.15) is 0 Å². The molecule has 0 spiro atoms. The number of anilines is 1. The van der Waals surface area contributed by atoms with E-state index in [9.17, 15) is 9.59 Å². The fourth-order valence-electron chi connectivity index (χ4n) is 2.35. The van der Waals surface area contributed by atoms with Crippen LogP contribution in [0.5, 0.6) is 0 Å². The van der Waals surface area contributed by atoms with Crippen molar-refractivity contribution in [3.63, 3.8) is 0 Å². The number of aromatic nitrogens is 2. The van der Waals surface area contributed by atoms with Crippen molar-refractivity contribution in [3.8, 4) is 5.69 Å². The molecular formula is C19H17N3O2. The number of rotatable bonds is 5. The molecule has 0 radical (unpaired) electrons. The van der Waals surface area contributed by atoms with Crippen molar-refractivity contribution in [2.45, 2.75) is 13.3 Å². The topological polar surface area (TPSA) is 64.0 Å². The van der Waals surface area contributed by atoms with Gasteiger partial charge in [0.2, 0.25) is 5.91 Å². The van der Waals surface area contributed by atoms with Crippen molar-refractivity contribution in [1.29, 1.82) is 0 Å². The first-order valence-electron chi connectivity index (χ1n) is 7.61. The lowest BCUT2D eigenvalue weighted by molar-refractivity contribution is -0.115. The van der Waals surface area contributed by atoms with E-state index >= 15 is 0 Å². The fourth-order valence-corrected chi connectivity index (χ4v) is 2.35. The van der Waals surface area contributed by atoms with Gasteiger partial charge in [0, 0.05) is 17.4 Å². The first kappa shape index (κ1) is 15.7. The first-order valence-corrected chi connectivity index (χ1v) is 7.61. The monoisotopic (exact) mass is 319 g/mol. The summed E-state index contributed by atoms with van der Waals surface area (Å²) >= 11 is 0. The summed E-state index contributed by atoms with van der Waals surface area (Å²) in [6, 6.07) is 16.6. The smallest absolute Gasteiger partial charge is 0.228 e. The van der Waals surface area contributed by atoms with Gasteiger partial charge < -0.3 is 5.32 Å². The molecule has 0 aliphatic rings. The Hall–Kier alpha value is -3.21. The maximum atomic E-state index is 12.1. The Kier molecular flexibility index (Phi) is 4.52. The van der Waals surface area contributed by atoms with E-state index in [1.807, 2.05) is 36.5 Å². The van der Waals surface area contributed by atoms with Gasteiger partial charge in [-0.15, -0.1) is 0 Å². The molecule has 0 aliphatic heterocycles. The standard InChI is InChI=1S/C19H17N3O2/c1-14(23)16-7-9-17(10-8-16)21-19(24)11-15-12-20-22(13-15)18-5-3-2-4-6-18/h2-10,12-13H,11H2,1H3,(H,21,24). The summed E-state index contributed by atoms with van der Waals surface area (Å²) in [7, 11) is 0. The predicted molar refractivity (Wildman–Crippen MR) is 92.3 cm³/mol. The minimum absolute atomic E-state index is 0.00111. The number of nitrogens with zero attached hydrogens (tertiary/aromatic N) is 2. The highest BCUT2D eigenvalue weighted by atomic mass is 16.1. The normalized spacial score (nSPS) is 10.4. The van der Waals surface area contributed by atoms with Crippen molar-refractivity contribution in [2.24, 2.45) is 0 Å². The number of Topliss-reactive ketones (excluding diaryl/α,β-unsaturated/α-hetero) is 1. The van der Waals surface area contributed by atoms with Crippen LogP contribution in [0.25, 0.3) is 5.69 Å². The van der Waals surface area contributed by atoms with E-state index in [0.717, 1.165) is 11.3 Å². The van der Waals surface area contributed by atoms with Crippen LogP contribution in [0, 0.1) is 0 Å². The summed E-state index contributed by atoms with van der Waals surface area (Å²) in [5.74, 6) is -0.126. The average molecular weight is 319 g/mol. The lowest BCUT2D eigenvalue weighted by Crippen LogP contribution is -2.14. The number of amides is 1. The molecule has 5 nitrogen and oxygen atoms in total. The van der Waals surface area contributed by atoms with Gasteiger partial charge in [-0.3, -0.25) is 9.59 Å². The van der Waals surface area contributed by atoms with E-state index in [0.29, 0.717) is 11.3 Å². The van der Waals surface area contributed by atoms with Crippen LogP contribution in [0.4, 0.5) is 5.69 Å². The van der Waals surface area contributed by atoms with E-state index in [-0.39, 0.29) is 18.1 Å².